The Kier molecular flexibility index (Phi) is 4.27. The molecule has 0 radical (unpaired) electrons. The van der Waals surface area contributed by atoms with Gasteiger partial charge in [-0.05, 0) is 41.4 Å². The van der Waals surface area contributed by atoms with Crippen LogP contribution in [0.1, 0.15) is 11.4 Å². The van der Waals surface area contributed by atoms with Gasteiger partial charge in [-0.1, -0.05) is 17.7 Å². The third kappa shape index (κ3) is 2.98. The molecule has 0 saturated heterocycles. The first kappa shape index (κ1) is 14.1. The number of aromatic nitrogens is 2. The van der Waals surface area contributed by atoms with E-state index in [0.29, 0.717) is 22.4 Å². The Balaban J connectivity index is 2.46. The molecule has 1 heterocycles. The lowest BCUT2D eigenvalue weighted by Crippen LogP contribution is -2.01. The molecule has 1 aromatic carbocycles. The van der Waals surface area contributed by atoms with E-state index in [9.17, 15) is 0 Å². The Bertz CT molecular complexity index is 619. The number of rotatable bonds is 3. The summed E-state index contributed by atoms with van der Waals surface area (Å²) in [5.74, 6) is 1.98. The van der Waals surface area contributed by atoms with E-state index in [2.05, 4.69) is 31.2 Å². The van der Waals surface area contributed by atoms with Crippen molar-refractivity contribution in [2.24, 2.45) is 0 Å². The molecule has 4 nitrogen and oxygen atoms in total. The van der Waals surface area contributed by atoms with Crippen molar-refractivity contribution in [3.05, 3.63) is 39.2 Å². The van der Waals surface area contributed by atoms with E-state index in [1.54, 1.807) is 13.3 Å². The lowest BCUT2D eigenvalue weighted by molar-refractivity contribution is 0.415. The summed E-state index contributed by atoms with van der Waals surface area (Å²) in [6.45, 7) is 3.80. The van der Waals surface area contributed by atoms with E-state index in [1.165, 1.54) is 0 Å². The monoisotopic (exact) mass is 341 g/mol. The average molecular weight is 343 g/mol. The topological polar surface area (TPSA) is 47.0 Å². The van der Waals surface area contributed by atoms with Crippen molar-refractivity contribution in [3.8, 4) is 5.75 Å². The highest BCUT2D eigenvalue weighted by Gasteiger charge is 2.12. The highest BCUT2D eigenvalue weighted by atomic mass is 79.9. The number of benzene rings is 1. The molecular weight excluding hydrogens is 330 g/mol. The van der Waals surface area contributed by atoms with E-state index >= 15 is 0 Å². The number of halogens is 2. The van der Waals surface area contributed by atoms with Crippen LogP contribution in [-0.2, 0) is 0 Å². The number of aryl methyl sites for hydroxylation is 2. The molecule has 6 heteroatoms. The van der Waals surface area contributed by atoms with Crippen LogP contribution in [0.25, 0.3) is 0 Å². The van der Waals surface area contributed by atoms with Gasteiger partial charge in [0, 0.05) is 6.20 Å². The van der Waals surface area contributed by atoms with Crippen LogP contribution in [0.3, 0.4) is 0 Å². The van der Waals surface area contributed by atoms with E-state index in [1.807, 2.05) is 26.0 Å². The van der Waals surface area contributed by atoms with Crippen LogP contribution >= 0.6 is 27.5 Å². The first-order valence-electron chi connectivity index (χ1n) is 5.62. The third-order valence-electron chi connectivity index (χ3n) is 2.64. The molecule has 0 aliphatic heterocycles. The lowest BCUT2D eigenvalue weighted by atomic mass is 10.2. The molecule has 0 saturated carbocycles. The summed E-state index contributed by atoms with van der Waals surface area (Å²) < 4.78 is 5.99. The highest BCUT2D eigenvalue weighted by Crippen LogP contribution is 2.37. The molecule has 2 aromatic rings. The molecule has 2 rings (SSSR count). The van der Waals surface area contributed by atoms with Crippen LogP contribution in [0.4, 0.5) is 11.5 Å². The van der Waals surface area contributed by atoms with E-state index in [-0.39, 0.29) is 0 Å². The molecule has 0 amide bonds. The van der Waals surface area contributed by atoms with Gasteiger partial charge in [0.15, 0.2) is 0 Å². The van der Waals surface area contributed by atoms with Gasteiger partial charge in [0.1, 0.15) is 22.4 Å². The molecular formula is C13H13BrClN3O. The molecule has 0 atom stereocenters. The standard InChI is InChI=1S/C13H13BrClN3O/c1-7-4-5-10(19-3)11(15)12(7)18-13-9(14)6-16-8(2)17-13/h4-6H,1-3H3,(H,16,17,18). The van der Waals surface area contributed by atoms with Crippen molar-refractivity contribution < 1.29 is 4.74 Å². The average Bonchev–Trinajstić information content (AvgIpc) is 2.38. The second kappa shape index (κ2) is 5.75. The van der Waals surface area contributed by atoms with Crippen molar-refractivity contribution in [2.45, 2.75) is 13.8 Å². The fourth-order valence-electron chi connectivity index (χ4n) is 1.63. The van der Waals surface area contributed by atoms with Gasteiger partial charge in [-0.25, -0.2) is 9.97 Å². The maximum Gasteiger partial charge on any atom is 0.148 e. The second-order valence-corrected chi connectivity index (χ2v) is 5.24. The Morgan fingerprint density at radius 1 is 1.32 bits per heavy atom. The van der Waals surface area contributed by atoms with Crippen LogP contribution in [0.5, 0.6) is 5.75 Å². The Morgan fingerprint density at radius 3 is 2.74 bits per heavy atom. The molecule has 0 unspecified atom stereocenters. The highest BCUT2D eigenvalue weighted by molar-refractivity contribution is 9.10. The van der Waals surface area contributed by atoms with Gasteiger partial charge in [-0.15, -0.1) is 0 Å². The number of nitrogens with one attached hydrogen (secondary N) is 1. The van der Waals surface area contributed by atoms with Crippen LogP contribution in [0.15, 0.2) is 22.8 Å². The maximum absolute atomic E-state index is 6.31. The molecule has 1 aromatic heterocycles. The minimum Gasteiger partial charge on any atom is -0.495 e. The summed E-state index contributed by atoms with van der Waals surface area (Å²) in [7, 11) is 1.59. The van der Waals surface area contributed by atoms with Gasteiger partial charge < -0.3 is 10.1 Å². The first-order valence-corrected chi connectivity index (χ1v) is 6.79. The predicted molar refractivity (Wildman–Crippen MR) is 80.5 cm³/mol. The predicted octanol–water partition coefficient (Wildman–Crippen LogP) is 4.26. The number of methoxy groups -OCH3 is 1. The van der Waals surface area contributed by atoms with Crippen LogP contribution in [-0.4, -0.2) is 17.1 Å². The Labute approximate surface area is 125 Å². The first-order chi connectivity index (χ1) is 9.02. The normalized spacial score (nSPS) is 10.4. The quantitative estimate of drug-likeness (QED) is 0.905. The number of hydrogen-bond acceptors (Lipinski definition) is 4. The third-order valence-corrected chi connectivity index (χ3v) is 3.60. The van der Waals surface area contributed by atoms with Crippen LogP contribution < -0.4 is 10.1 Å². The lowest BCUT2D eigenvalue weighted by Gasteiger charge is -2.14. The molecule has 0 bridgehead atoms. The van der Waals surface area contributed by atoms with Gasteiger partial charge in [0.2, 0.25) is 0 Å². The fraction of sp³-hybridized carbons (Fsp3) is 0.231. The van der Waals surface area contributed by atoms with Crippen molar-refractivity contribution >= 4 is 39.0 Å². The molecule has 0 spiro atoms. The summed E-state index contributed by atoms with van der Waals surface area (Å²) >= 11 is 9.72. The maximum atomic E-state index is 6.31. The molecule has 0 fully saturated rings. The summed E-state index contributed by atoms with van der Waals surface area (Å²) in [5, 5.41) is 3.75. The molecule has 0 aliphatic rings. The number of nitrogens with zero attached hydrogens (tertiary/aromatic N) is 2. The van der Waals surface area contributed by atoms with Crippen LogP contribution in [0, 0.1) is 13.8 Å². The fourth-order valence-corrected chi connectivity index (χ4v) is 2.25. The molecule has 1 N–H and O–H groups in total. The van der Waals surface area contributed by atoms with Crippen molar-refractivity contribution in [2.75, 3.05) is 12.4 Å². The molecule has 19 heavy (non-hydrogen) atoms. The minimum atomic E-state index is 0.533. The largest absolute Gasteiger partial charge is 0.495 e. The van der Waals surface area contributed by atoms with E-state index in [0.717, 1.165) is 15.7 Å². The molecule has 100 valence electrons. The van der Waals surface area contributed by atoms with Gasteiger partial charge in [0.25, 0.3) is 0 Å². The van der Waals surface area contributed by atoms with Crippen molar-refractivity contribution in [1.82, 2.24) is 9.97 Å². The van der Waals surface area contributed by atoms with Gasteiger partial charge >= 0.3 is 0 Å². The zero-order chi connectivity index (χ0) is 14.0. The summed E-state index contributed by atoms with van der Waals surface area (Å²) in [6, 6.07) is 3.78. The van der Waals surface area contributed by atoms with Gasteiger partial charge in [-0.3, -0.25) is 0 Å². The summed E-state index contributed by atoms with van der Waals surface area (Å²) in [6.07, 6.45) is 1.70. The van der Waals surface area contributed by atoms with Crippen LogP contribution in [0.2, 0.25) is 5.02 Å². The minimum absolute atomic E-state index is 0.533. The number of ether oxygens (including phenoxy) is 1. The number of anilines is 2. The van der Waals surface area contributed by atoms with Gasteiger partial charge in [-0.2, -0.15) is 0 Å². The van der Waals surface area contributed by atoms with Crippen molar-refractivity contribution in [1.29, 1.82) is 0 Å². The summed E-state index contributed by atoms with van der Waals surface area (Å²) in [5.41, 5.74) is 1.79. The number of hydrogen-bond donors (Lipinski definition) is 1. The SMILES string of the molecule is COc1ccc(C)c(Nc2nc(C)ncc2Br)c1Cl. The molecule has 0 aliphatic carbocycles. The van der Waals surface area contributed by atoms with E-state index in [4.69, 9.17) is 16.3 Å². The Hall–Kier alpha value is -1.33. The van der Waals surface area contributed by atoms with E-state index < -0.39 is 0 Å². The second-order valence-electron chi connectivity index (χ2n) is 4.01. The zero-order valence-corrected chi connectivity index (χ0v) is 13.1. The smallest absolute Gasteiger partial charge is 0.148 e. The van der Waals surface area contributed by atoms with Gasteiger partial charge in [0.05, 0.1) is 17.3 Å². The zero-order valence-electron chi connectivity index (χ0n) is 10.8. The Morgan fingerprint density at radius 2 is 2.05 bits per heavy atom. The summed E-state index contributed by atoms with van der Waals surface area (Å²) in [4.78, 5) is 8.44. The van der Waals surface area contributed by atoms with Crippen molar-refractivity contribution in [3.63, 3.8) is 0 Å².